The lowest BCUT2D eigenvalue weighted by Gasteiger charge is -2.02. The van der Waals surface area contributed by atoms with E-state index in [1.807, 2.05) is 61.0 Å². The van der Waals surface area contributed by atoms with Crippen molar-refractivity contribution in [2.24, 2.45) is 21.5 Å². The summed E-state index contributed by atoms with van der Waals surface area (Å²) in [6.45, 7) is 3.52. The molecule has 0 unspecified atom stereocenters. The molecule has 0 aromatic heterocycles. The van der Waals surface area contributed by atoms with Gasteiger partial charge in [0.1, 0.15) is 24.1 Å². The molecule has 3 aromatic carbocycles. The van der Waals surface area contributed by atoms with Gasteiger partial charge in [0.2, 0.25) is 0 Å². The van der Waals surface area contributed by atoms with E-state index in [4.69, 9.17) is 20.9 Å². The van der Waals surface area contributed by atoms with Crippen molar-refractivity contribution in [3.8, 4) is 11.5 Å². The molecule has 0 fully saturated rings. The van der Waals surface area contributed by atoms with Crippen LogP contribution in [0.1, 0.15) is 160 Å². The lowest BCUT2D eigenvalue weighted by atomic mass is 10.1. The highest BCUT2D eigenvalue weighted by Crippen LogP contribution is 2.13. The summed E-state index contributed by atoms with van der Waals surface area (Å²) in [4.78, 5) is 29.8. The van der Waals surface area contributed by atoms with Crippen molar-refractivity contribution in [2.75, 3.05) is 40.4 Å². The van der Waals surface area contributed by atoms with Crippen LogP contribution in [0.15, 0.2) is 82.8 Å². The van der Waals surface area contributed by atoms with Crippen LogP contribution in [0.25, 0.3) is 0 Å². The van der Waals surface area contributed by atoms with Crippen LogP contribution in [0, 0.1) is 0 Å². The number of rotatable bonds is 30. The molecule has 0 saturated heterocycles. The van der Waals surface area contributed by atoms with Crippen molar-refractivity contribution in [1.82, 2.24) is 0 Å². The molecule has 0 bridgehead atoms. The van der Waals surface area contributed by atoms with Gasteiger partial charge in [-0.05, 0) is 98.4 Å². The summed E-state index contributed by atoms with van der Waals surface area (Å²) >= 11 is 0. The first-order valence-corrected chi connectivity index (χ1v) is 21.3. The Morgan fingerprint density at radius 3 is 0.929 bits per heavy atom. The van der Waals surface area contributed by atoms with E-state index in [2.05, 4.69) is 9.98 Å². The molecule has 0 atom stereocenters. The van der Waals surface area contributed by atoms with E-state index in [1.165, 1.54) is 122 Å². The van der Waals surface area contributed by atoms with Crippen molar-refractivity contribution >= 4 is 25.0 Å². The number of methoxy groups -OCH3 is 2. The van der Waals surface area contributed by atoms with Gasteiger partial charge in [-0.3, -0.25) is 19.6 Å². The molecule has 0 saturated carbocycles. The average molecular weight is 771 g/mol. The highest BCUT2D eigenvalue weighted by atomic mass is 16.5. The largest absolute Gasteiger partial charge is 0.497 e. The van der Waals surface area contributed by atoms with E-state index in [-0.39, 0.29) is 0 Å². The van der Waals surface area contributed by atoms with Gasteiger partial charge < -0.3 is 20.9 Å². The smallest absolute Gasteiger partial charge is 0.150 e. The predicted octanol–water partition coefficient (Wildman–Crippen LogP) is 11.3. The van der Waals surface area contributed by atoms with Crippen molar-refractivity contribution in [2.45, 2.75) is 128 Å². The number of hydrogen-bond acceptors (Lipinski definition) is 8. The molecular weight excluding hydrogens is 697 g/mol. The predicted molar refractivity (Wildman–Crippen MR) is 239 cm³/mol. The molecule has 0 heterocycles. The van der Waals surface area contributed by atoms with E-state index >= 15 is 0 Å². The third-order valence-electron chi connectivity index (χ3n) is 9.40. The molecule has 0 aliphatic rings. The number of carbonyl (C=O) groups is 2. The first kappa shape index (κ1) is 49.9. The van der Waals surface area contributed by atoms with Crippen LogP contribution in [0.3, 0.4) is 0 Å². The van der Waals surface area contributed by atoms with Crippen molar-refractivity contribution < 1.29 is 19.1 Å². The van der Waals surface area contributed by atoms with E-state index in [0.717, 1.165) is 67.8 Å². The Kier molecular flexibility index (Phi) is 33.6. The number of benzene rings is 3. The number of aldehydes is 2. The molecule has 0 spiro atoms. The molecule has 0 amide bonds. The highest BCUT2D eigenvalue weighted by Gasteiger charge is 1.96. The normalized spacial score (nSPS) is 10.8. The van der Waals surface area contributed by atoms with Gasteiger partial charge in [0.25, 0.3) is 0 Å². The molecule has 56 heavy (non-hydrogen) atoms. The second-order valence-corrected chi connectivity index (χ2v) is 14.2. The Morgan fingerprint density at radius 2 is 0.643 bits per heavy atom. The quantitative estimate of drug-likeness (QED) is 0.0394. The number of nitrogens with two attached hydrogens (primary N) is 2. The average Bonchev–Trinajstić information content (AvgIpc) is 3.25. The summed E-state index contributed by atoms with van der Waals surface area (Å²) in [6, 6.07) is 22.5. The van der Waals surface area contributed by atoms with Gasteiger partial charge in [0.15, 0.2) is 0 Å². The maximum Gasteiger partial charge on any atom is 0.150 e. The maximum absolute atomic E-state index is 10.6. The van der Waals surface area contributed by atoms with E-state index in [1.54, 1.807) is 38.5 Å². The number of hydrogen-bond donors (Lipinski definition) is 2. The van der Waals surface area contributed by atoms with E-state index < -0.39 is 0 Å². The molecule has 0 aliphatic heterocycles. The van der Waals surface area contributed by atoms with Crippen LogP contribution in [0.4, 0.5) is 0 Å². The molecule has 3 rings (SSSR count). The Bertz CT molecular complexity index is 1360. The summed E-state index contributed by atoms with van der Waals surface area (Å²) in [6.07, 6.45) is 31.8. The fourth-order valence-electron chi connectivity index (χ4n) is 5.90. The second-order valence-electron chi connectivity index (χ2n) is 14.2. The van der Waals surface area contributed by atoms with Crippen LogP contribution in [0.2, 0.25) is 0 Å². The minimum atomic E-state index is 0.667. The number of aliphatic imine (C=N–C) groups is 2. The van der Waals surface area contributed by atoms with Gasteiger partial charge in [-0.25, -0.2) is 0 Å². The highest BCUT2D eigenvalue weighted by molar-refractivity contribution is 5.82. The summed E-state index contributed by atoms with van der Waals surface area (Å²) in [7, 11) is 3.28. The van der Waals surface area contributed by atoms with Gasteiger partial charge in [0.05, 0.1) is 14.2 Å². The fourth-order valence-corrected chi connectivity index (χ4v) is 5.90. The Morgan fingerprint density at radius 1 is 0.393 bits per heavy atom. The number of carbonyl (C=O) groups excluding carboxylic acids is 2. The zero-order valence-electron chi connectivity index (χ0n) is 34.9. The topological polar surface area (TPSA) is 129 Å². The maximum atomic E-state index is 10.6. The minimum Gasteiger partial charge on any atom is -0.497 e. The zero-order chi connectivity index (χ0) is 40.6. The Balaban J connectivity index is 0.000000533. The lowest BCUT2D eigenvalue weighted by molar-refractivity contribution is 0.111. The van der Waals surface area contributed by atoms with Crippen LogP contribution in [-0.4, -0.2) is 65.4 Å². The summed E-state index contributed by atoms with van der Waals surface area (Å²) < 4.78 is 10.1. The zero-order valence-corrected chi connectivity index (χ0v) is 34.9. The Labute approximate surface area is 340 Å². The summed E-state index contributed by atoms with van der Waals surface area (Å²) in [5.41, 5.74) is 14.4. The van der Waals surface area contributed by atoms with Crippen molar-refractivity contribution in [3.05, 3.63) is 95.1 Å². The third-order valence-corrected chi connectivity index (χ3v) is 9.40. The van der Waals surface area contributed by atoms with Gasteiger partial charge >= 0.3 is 0 Å². The third kappa shape index (κ3) is 29.2. The van der Waals surface area contributed by atoms with Crippen LogP contribution < -0.4 is 20.9 Å². The van der Waals surface area contributed by atoms with Crippen LogP contribution >= 0.6 is 0 Å². The molecular formula is C48H74N4O4. The number of nitrogens with zero attached hydrogens (tertiary/aromatic N) is 2. The first-order chi connectivity index (χ1) is 27.6. The molecule has 310 valence electrons. The monoisotopic (exact) mass is 771 g/mol. The molecule has 0 aliphatic carbocycles. The number of ether oxygens (including phenoxy) is 2. The van der Waals surface area contributed by atoms with Gasteiger partial charge in [-0.15, -0.1) is 0 Å². The number of unbranched alkanes of at least 4 members (excludes halogenated alkanes) is 18. The van der Waals surface area contributed by atoms with Gasteiger partial charge in [-0.1, -0.05) is 127 Å². The fraction of sp³-hybridized carbons (Fsp3) is 0.542. The van der Waals surface area contributed by atoms with Crippen molar-refractivity contribution in [1.29, 1.82) is 0 Å². The lowest BCUT2D eigenvalue weighted by Crippen LogP contribution is -1.97. The van der Waals surface area contributed by atoms with Gasteiger partial charge in [-0.2, -0.15) is 0 Å². The Hall–Kier alpha value is -4.14. The first-order valence-electron chi connectivity index (χ1n) is 21.3. The van der Waals surface area contributed by atoms with Crippen LogP contribution in [0.5, 0.6) is 11.5 Å². The summed E-state index contributed by atoms with van der Waals surface area (Å²) in [5.74, 6) is 1.65. The molecule has 4 N–H and O–H groups in total. The molecule has 0 radical (unpaired) electrons. The molecule has 8 heteroatoms. The standard InChI is InChI=1S/C28H38N2O2.C12H28N2.C8H8O2/c1-32-28-18-16-26(17-19-28)23-30-21-11-9-7-5-3-2-4-6-8-10-20-29-22-25-12-14-27(24-31)15-13-25;13-11-9-7-5-3-1-2-4-6-8-10-12-14;1-10-8-4-2-7(6-9)3-5-8/h12-19,22-24H,2-11,20-21H2,1H3;1-14H2;2-6H,1H3. The molecule has 8 nitrogen and oxygen atoms in total. The molecule has 3 aromatic rings. The summed E-state index contributed by atoms with van der Waals surface area (Å²) in [5, 5.41) is 0. The second kappa shape index (κ2) is 37.8. The van der Waals surface area contributed by atoms with E-state index in [9.17, 15) is 9.59 Å². The SMILES string of the molecule is COc1ccc(C=NCCCCCCCCCCCCN=Cc2ccc(C=O)cc2)cc1.COc1ccc(C=O)cc1.NCCCCCCCCCCCCN. The van der Waals surface area contributed by atoms with E-state index in [0.29, 0.717) is 11.1 Å². The minimum absolute atomic E-state index is 0.667. The van der Waals surface area contributed by atoms with Crippen LogP contribution in [-0.2, 0) is 0 Å². The van der Waals surface area contributed by atoms with Crippen molar-refractivity contribution in [3.63, 3.8) is 0 Å². The van der Waals surface area contributed by atoms with Gasteiger partial charge in [0, 0.05) is 36.6 Å².